The number of sulfonamides is 1. The van der Waals surface area contributed by atoms with Gasteiger partial charge < -0.3 is 5.73 Å². The number of H-pyrrole nitrogens is 1. The maximum atomic E-state index is 12.4. The number of nitrogens with zero attached hydrogens (tertiary/aromatic N) is 2. The van der Waals surface area contributed by atoms with Crippen LogP contribution in [0.15, 0.2) is 47.6 Å². The first kappa shape index (κ1) is 12.4. The molecule has 0 aliphatic carbocycles. The van der Waals surface area contributed by atoms with Crippen LogP contribution in [-0.4, -0.2) is 23.6 Å². The Kier molecular flexibility index (Phi) is 2.79. The highest BCUT2D eigenvalue weighted by Gasteiger charge is 2.19. The van der Waals surface area contributed by atoms with Crippen molar-refractivity contribution in [2.75, 3.05) is 10.5 Å². The molecule has 20 heavy (non-hydrogen) atoms. The van der Waals surface area contributed by atoms with Crippen LogP contribution < -0.4 is 10.5 Å². The van der Waals surface area contributed by atoms with E-state index in [2.05, 4.69) is 19.9 Å². The van der Waals surface area contributed by atoms with E-state index >= 15 is 0 Å². The number of hydrogen-bond acceptors (Lipinski definition) is 5. The summed E-state index contributed by atoms with van der Waals surface area (Å²) in [7, 11) is -3.77. The maximum Gasteiger partial charge on any atom is 0.263 e. The molecule has 0 aliphatic heterocycles. The van der Waals surface area contributed by atoms with Crippen molar-refractivity contribution in [2.45, 2.75) is 4.90 Å². The molecule has 0 amide bonds. The van der Waals surface area contributed by atoms with Gasteiger partial charge in [0.1, 0.15) is 0 Å². The number of benzene rings is 1. The summed E-state index contributed by atoms with van der Waals surface area (Å²) in [5.41, 5.74) is 6.44. The lowest BCUT2D eigenvalue weighted by atomic mass is 10.2. The molecule has 0 unspecified atom stereocenters. The predicted molar refractivity (Wildman–Crippen MR) is 75.6 cm³/mol. The summed E-state index contributed by atoms with van der Waals surface area (Å²) < 4.78 is 27.2. The number of nitrogen functional groups attached to an aromatic ring is 1. The van der Waals surface area contributed by atoms with Crippen LogP contribution in [0.1, 0.15) is 0 Å². The van der Waals surface area contributed by atoms with Crippen LogP contribution in [0.5, 0.6) is 0 Å². The number of hydrogen-bond donors (Lipinski definition) is 3. The molecule has 3 rings (SSSR count). The molecule has 3 aromatic rings. The van der Waals surface area contributed by atoms with Crippen LogP contribution in [0.25, 0.3) is 10.9 Å². The van der Waals surface area contributed by atoms with Gasteiger partial charge in [-0.3, -0.25) is 14.8 Å². The van der Waals surface area contributed by atoms with E-state index in [9.17, 15) is 8.42 Å². The van der Waals surface area contributed by atoms with Crippen molar-refractivity contribution in [2.24, 2.45) is 0 Å². The van der Waals surface area contributed by atoms with Gasteiger partial charge in [-0.15, -0.1) is 0 Å². The Bertz CT molecular complexity index is 867. The molecular formula is C12H11N5O2S. The number of pyridine rings is 1. The van der Waals surface area contributed by atoms with E-state index in [-0.39, 0.29) is 16.4 Å². The van der Waals surface area contributed by atoms with Gasteiger partial charge in [0.05, 0.1) is 22.3 Å². The number of aromatic amines is 1. The first-order valence-electron chi connectivity index (χ1n) is 5.73. The van der Waals surface area contributed by atoms with Gasteiger partial charge in [0.25, 0.3) is 10.0 Å². The van der Waals surface area contributed by atoms with Crippen molar-refractivity contribution in [3.05, 3.63) is 42.7 Å². The van der Waals surface area contributed by atoms with Crippen LogP contribution in [-0.2, 0) is 10.0 Å². The fraction of sp³-hybridized carbons (Fsp3) is 0. The summed E-state index contributed by atoms with van der Waals surface area (Å²) in [6.07, 6.45) is 2.95. The fourth-order valence-corrected chi connectivity index (χ4v) is 3.14. The zero-order valence-corrected chi connectivity index (χ0v) is 11.1. The second-order valence-electron chi connectivity index (χ2n) is 4.13. The van der Waals surface area contributed by atoms with Crippen LogP contribution in [0.3, 0.4) is 0 Å². The average molecular weight is 289 g/mol. The van der Waals surface area contributed by atoms with Crippen molar-refractivity contribution < 1.29 is 8.42 Å². The molecule has 4 N–H and O–H groups in total. The van der Waals surface area contributed by atoms with E-state index < -0.39 is 10.0 Å². The van der Waals surface area contributed by atoms with E-state index in [0.717, 1.165) is 0 Å². The largest absolute Gasteiger partial charge is 0.394 e. The van der Waals surface area contributed by atoms with Gasteiger partial charge in [-0.2, -0.15) is 5.10 Å². The zero-order chi connectivity index (χ0) is 14.2. The molecule has 0 fully saturated rings. The van der Waals surface area contributed by atoms with Crippen LogP contribution >= 0.6 is 0 Å². The Morgan fingerprint density at radius 3 is 2.80 bits per heavy atom. The van der Waals surface area contributed by atoms with Crippen molar-refractivity contribution >= 4 is 32.4 Å². The highest BCUT2D eigenvalue weighted by Crippen LogP contribution is 2.24. The molecule has 2 aromatic heterocycles. The lowest BCUT2D eigenvalue weighted by molar-refractivity contribution is 0.602. The van der Waals surface area contributed by atoms with E-state index in [1.54, 1.807) is 30.5 Å². The SMILES string of the molecule is Nc1cn[nH]c1NS(=O)(=O)c1cccc2ncccc12. The van der Waals surface area contributed by atoms with E-state index in [1.165, 1.54) is 12.3 Å². The molecule has 0 saturated carbocycles. The first-order chi connectivity index (χ1) is 9.58. The van der Waals surface area contributed by atoms with Crippen molar-refractivity contribution in [3.63, 3.8) is 0 Å². The molecule has 2 heterocycles. The average Bonchev–Trinajstić information content (AvgIpc) is 2.83. The molecule has 102 valence electrons. The van der Waals surface area contributed by atoms with Crippen molar-refractivity contribution in [1.82, 2.24) is 15.2 Å². The number of fused-ring (bicyclic) bond motifs is 1. The molecule has 0 saturated heterocycles. The first-order valence-corrected chi connectivity index (χ1v) is 7.22. The number of nitrogens with two attached hydrogens (primary N) is 1. The maximum absolute atomic E-state index is 12.4. The molecule has 0 radical (unpaired) electrons. The summed E-state index contributed by atoms with van der Waals surface area (Å²) in [6, 6.07) is 8.29. The van der Waals surface area contributed by atoms with Gasteiger partial charge in [-0.25, -0.2) is 8.42 Å². The third-order valence-corrected chi connectivity index (χ3v) is 4.21. The lowest BCUT2D eigenvalue weighted by Crippen LogP contribution is -2.14. The van der Waals surface area contributed by atoms with Crippen LogP contribution in [0.2, 0.25) is 0 Å². The molecule has 8 heteroatoms. The second kappa shape index (κ2) is 4.49. The lowest BCUT2D eigenvalue weighted by Gasteiger charge is -2.09. The highest BCUT2D eigenvalue weighted by molar-refractivity contribution is 7.93. The van der Waals surface area contributed by atoms with Crippen molar-refractivity contribution in [1.29, 1.82) is 0 Å². The number of anilines is 2. The third-order valence-electron chi connectivity index (χ3n) is 2.80. The Morgan fingerprint density at radius 1 is 1.20 bits per heavy atom. The van der Waals surface area contributed by atoms with Gasteiger partial charge in [-0.05, 0) is 24.3 Å². The topological polar surface area (TPSA) is 114 Å². The van der Waals surface area contributed by atoms with E-state index in [1.807, 2.05) is 0 Å². The van der Waals surface area contributed by atoms with Gasteiger partial charge in [-0.1, -0.05) is 6.07 Å². The second-order valence-corrected chi connectivity index (χ2v) is 5.78. The van der Waals surface area contributed by atoms with E-state index in [4.69, 9.17) is 5.73 Å². The minimum absolute atomic E-state index is 0.136. The van der Waals surface area contributed by atoms with Crippen molar-refractivity contribution in [3.8, 4) is 0 Å². The number of aromatic nitrogens is 3. The predicted octanol–water partition coefficient (Wildman–Crippen LogP) is 1.34. The molecule has 0 bridgehead atoms. The normalized spacial score (nSPS) is 11.6. The molecule has 1 aromatic carbocycles. The smallest absolute Gasteiger partial charge is 0.263 e. The Morgan fingerprint density at radius 2 is 2.05 bits per heavy atom. The monoisotopic (exact) mass is 289 g/mol. The van der Waals surface area contributed by atoms with Gasteiger partial charge in [0.15, 0.2) is 5.82 Å². The quantitative estimate of drug-likeness (QED) is 0.673. The summed E-state index contributed by atoms with van der Waals surface area (Å²) in [4.78, 5) is 4.27. The van der Waals surface area contributed by atoms with Crippen LogP contribution in [0, 0.1) is 0 Å². The molecular weight excluding hydrogens is 278 g/mol. The minimum Gasteiger partial charge on any atom is -0.394 e. The Labute approximate surface area is 114 Å². The van der Waals surface area contributed by atoms with Gasteiger partial charge in [0, 0.05) is 11.6 Å². The number of rotatable bonds is 3. The summed E-state index contributed by atoms with van der Waals surface area (Å²) >= 11 is 0. The highest BCUT2D eigenvalue weighted by atomic mass is 32.2. The molecule has 0 aliphatic rings. The number of nitrogens with one attached hydrogen (secondary N) is 2. The molecule has 0 spiro atoms. The summed E-state index contributed by atoms with van der Waals surface area (Å²) in [5.74, 6) is 0.144. The fourth-order valence-electron chi connectivity index (χ4n) is 1.88. The third kappa shape index (κ3) is 2.05. The Balaban J connectivity index is 2.12. The zero-order valence-electron chi connectivity index (χ0n) is 10.2. The van der Waals surface area contributed by atoms with Gasteiger partial charge in [0.2, 0.25) is 0 Å². The minimum atomic E-state index is -3.77. The van der Waals surface area contributed by atoms with Gasteiger partial charge >= 0.3 is 0 Å². The standard InChI is InChI=1S/C12H11N5O2S/c13-9-7-15-16-12(9)17-20(18,19)11-5-1-4-10-8(11)3-2-6-14-10/h1-7H,13H2,(H2,15,16,17). The summed E-state index contributed by atoms with van der Waals surface area (Å²) in [5, 5.41) is 6.71. The Hall–Kier alpha value is -2.61. The molecule has 0 atom stereocenters. The summed E-state index contributed by atoms with van der Waals surface area (Å²) in [6.45, 7) is 0. The van der Waals surface area contributed by atoms with Crippen LogP contribution in [0.4, 0.5) is 11.5 Å². The molecule has 7 nitrogen and oxygen atoms in total. The van der Waals surface area contributed by atoms with E-state index in [0.29, 0.717) is 10.9 Å².